The van der Waals surface area contributed by atoms with Gasteiger partial charge in [0.25, 0.3) is 0 Å². The fraction of sp³-hybridized carbons (Fsp3) is 0.941. The zero-order valence-corrected chi connectivity index (χ0v) is 29.9. The largest absolute Gasteiger partial charge is 0.462 e. The van der Waals surface area contributed by atoms with Gasteiger partial charge in [-0.2, -0.15) is 0 Å². The standard InChI is InChI=1S/C34H60O14/c1-11-21-15(3)24(36)16(4)23(35)14(2)12-34(10,43)30(48-32-27(39)26(38)25(37)19(7)45-32)17(5)28(18(6)31(41)46-21)47-22-13-33(9,42)29(40)20(8)44-22/h14-22,24-30,32,36-40,42-43H,11-13H2,1-10H3/t14-,15+,16+,17+,18-,19?,20-,21-,22+,24+,25-,26?,27?,28+,29+,30-,32+,33?,34-/m1/s1. The zero-order valence-electron chi connectivity index (χ0n) is 29.9. The third-order valence-corrected chi connectivity index (χ3v) is 10.9. The predicted octanol–water partition coefficient (Wildman–Crippen LogP) is 0.418. The highest BCUT2D eigenvalue weighted by atomic mass is 16.7. The molecule has 14 heteroatoms. The number of aliphatic hydroxyl groups excluding tert-OH is 5. The first-order valence-electron chi connectivity index (χ1n) is 17.3. The average Bonchev–Trinajstić information content (AvgIpc) is 3.01. The summed E-state index contributed by atoms with van der Waals surface area (Å²) in [6.07, 6.45) is -14.9. The van der Waals surface area contributed by atoms with E-state index in [1.807, 2.05) is 0 Å². The molecule has 3 rings (SSSR count). The van der Waals surface area contributed by atoms with Crippen LogP contribution in [0.15, 0.2) is 0 Å². The van der Waals surface area contributed by atoms with Crippen molar-refractivity contribution in [2.75, 3.05) is 0 Å². The molecule has 3 fully saturated rings. The van der Waals surface area contributed by atoms with E-state index in [0.717, 1.165) is 0 Å². The molecule has 0 bridgehead atoms. The van der Waals surface area contributed by atoms with Crippen molar-refractivity contribution in [3.05, 3.63) is 0 Å². The van der Waals surface area contributed by atoms with Crippen molar-refractivity contribution >= 4 is 11.8 Å². The third-order valence-electron chi connectivity index (χ3n) is 10.9. The summed E-state index contributed by atoms with van der Waals surface area (Å²) in [5.74, 6) is -5.29. The van der Waals surface area contributed by atoms with Crippen LogP contribution in [0.4, 0.5) is 0 Å². The number of hydrogen-bond donors (Lipinski definition) is 7. The highest BCUT2D eigenvalue weighted by molar-refractivity contribution is 5.83. The number of rotatable bonds is 5. The molecule has 0 aromatic heterocycles. The van der Waals surface area contributed by atoms with Crippen molar-refractivity contribution in [2.24, 2.45) is 29.6 Å². The number of carbonyl (C=O) groups excluding carboxylic acids is 2. The van der Waals surface area contributed by atoms with Gasteiger partial charge >= 0.3 is 5.97 Å². The molecule has 0 aliphatic carbocycles. The molecule has 3 aliphatic rings. The van der Waals surface area contributed by atoms with Crippen LogP contribution in [0, 0.1) is 29.6 Å². The lowest BCUT2D eigenvalue weighted by Crippen LogP contribution is -2.61. The van der Waals surface area contributed by atoms with Gasteiger partial charge < -0.3 is 59.4 Å². The summed E-state index contributed by atoms with van der Waals surface area (Å²) in [4.78, 5) is 27.5. The average molecular weight is 693 g/mol. The summed E-state index contributed by atoms with van der Waals surface area (Å²) >= 11 is 0. The Morgan fingerprint density at radius 3 is 1.90 bits per heavy atom. The van der Waals surface area contributed by atoms with E-state index >= 15 is 0 Å². The van der Waals surface area contributed by atoms with Crippen molar-refractivity contribution in [1.29, 1.82) is 0 Å². The van der Waals surface area contributed by atoms with Crippen LogP contribution in [0.25, 0.3) is 0 Å². The van der Waals surface area contributed by atoms with Gasteiger partial charge in [-0.05, 0) is 47.5 Å². The molecule has 0 amide bonds. The maximum atomic E-state index is 13.9. The van der Waals surface area contributed by atoms with Gasteiger partial charge in [-0.15, -0.1) is 0 Å². The highest BCUT2D eigenvalue weighted by Crippen LogP contribution is 2.39. The van der Waals surface area contributed by atoms with Crippen LogP contribution >= 0.6 is 0 Å². The van der Waals surface area contributed by atoms with Gasteiger partial charge in [0, 0.05) is 30.1 Å². The number of carbonyl (C=O) groups is 2. The first-order valence-corrected chi connectivity index (χ1v) is 17.3. The summed E-state index contributed by atoms with van der Waals surface area (Å²) in [6.45, 7) is 15.9. The number of ketones is 1. The molecular weight excluding hydrogens is 632 g/mol. The van der Waals surface area contributed by atoms with Crippen molar-refractivity contribution in [2.45, 2.75) is 173 Å². The smallest absolute Gasteiger partial charge is 0.311 e. The zero-order chi connectivity index (χ0) is 36.6. The van der Waals surface area contributed by atoms with Gasteiger partial charge in [0.1, 0.15) is 36.3 Å². The number of esters is 1. The molecule has 3 aliphatic heterocycles. The van der Waals surface area contributed by atoms with Gasteiger partial charge in [-0.3, -0.25) is 9.59 Å². The molecule has 14 nitrogen and oxygen atoms in total. The fourth-order valence-electron chi connectivity index (χ4n) is 7.64. The molecular formula is C34H60O14. The normalized spacial score (nSPS) is 52.0. The SMILES string of the molecule is CC[C@H]1OC(=O)[C@H](C)[C@@H](O[C@H]2CC(C)(O)[C@@H](O)[C@@H](C)O2)[C@H](C)[C@@H](O[C@@H]2OC(C)[C@@H](O)C(O)C2O)[C@](C)(O)C[C@@H](C)C(=O)[C@H](C)[C@@H](O)[C@H]1C. The van der Waals surface area contributed by atoms with Crippen molar-refractivity contribution < 1.29 is 69.0 Å². The molecule has 0 spiro atoms. The monoisotopic (exact) mass is 692 g/mol. The van der Waals surface area contributed by atoms with Crippen LogP contribution < -0.4 is 0 Å². The second kappa shape index (κ2) is 15.9. The third kappa shape index (κ3) is 8.76. The van der Waals surface area contributed by atoms with Crippen molar-refractivity contribution in [1.82, 2.24) is 0 Å². The Morgan fingerprint density at radius 2 is 1.33 bits per heavy atom. The summed E-state index contributed by atoms with van der Waals surface area (Å²) in [7, 11) is 0. The molecule has 0 saturated carbocycles. The molecule has 7 N–H and O–H groups in total. The Hall–Kier alpha value is -1.30. The van der Waals surface area contributed by atoms with E-state index in [2.05, 4.69) is 0 Å². The number of cyclic esters (lactones) is 1. The van der Waals surface area contributed by atoms with Crippen LogP contribution in [0.3, 0.4) is 0 Å². The lowest BCUT2D eigenvalue weighted by atomic mass is 9.74. The van der Waals surface area contributed by atoms with Crippen molar-refractivity contribution in [3.8, 4) is 0 Å². The van der Waals surface area contributed by atoms with Crippen molar-refractivity contribution in [3.63, 3.8) is 0 Å². The number of Topliss-reactive ketones (excluding diaryl/α,β-unsaturated/α-hetero) is 1. The number of ether oxygens (including phenoxy) is 5. The Labute approximate surface area is 283 Å². The fourth-order valence-corrected chi connectivity index (χ4v) is 7.64. The van der Waals surface area contributed by atoms with E-state index < -0.39 is 120 Å². The van der Waals surface area contributed by atoms with Gasteiger partial charge in [0.2, 0.25) is 0 Å². The van der Waals surface area contributed by atoms with Crippen LogP contribution in [-0.2, 0) is 33.3 Å². The van der Waals surface area contributed by atoms with Gasteiger partial charge in [0.05, 0.1) is 47.6 Å². The topological polar surface area (TPSA) is 222 Å². The molecule has 4 unspecified atom stereocenters. The molecule has 3 heterocycles. The van der Waals surface area contributed by atoms with E-state index in [0.29, 0.717) is 6.42 Å². The lowest BCUT2D eigenvalue weighted by Gasteiger charge is -2.48. The number of hydrogen-bond acceptors (Lipinski definition) is 14. The first-order chi connectivity index (χ1) is 22.0. The van der Waals surface area contributed by atoms with Crippen LogP contribution in [0.1, 0.15) is 88.5 Å². The van der Waals surface area contributed by atoms with Gasteiger partial charge in [-0.25, -0.2) is 0 Å². The number of aliphatic hydroxyl groups is 7. The van der Waals surface area contributed by atoms with E-state index in [9.17, 15) is 45.3 Å². The van der Waals surface area contributed by atoms with E-state index in [1.165, 1.54) is 20.8 Å². The van der Waals surface area contributed by atoms with Gasteiger partial charge in [0.15, 0.2) is 12.6 Å². The minimum atomic E-state index is -1.87. The maximum Gasteiger partial charge on any atom is 0.311 e. The maximum absolute atomic E-state index is 13.9. The van der Waals surface area contributed by atoms with Gasteiger partial charge in [-0.1, -0.05) is 34.6 Å². The van der Waals surface area contributed by atoms with Crippen LogP contribution in [-0.4, -0.2) is 132 Å². The Morgan fingerprint density at radius 1 is 0.729 bits per heavy atom. The summed E-state index contributed by atoms with van der Waals surface area (Å²) < 4.78 is 30.3. The highest BCUT2D eigenvalue weighted by Gasteiger charge is 2.52. The first kappa shape index (κ1) is 41.1. The van der Waals surface area contributed by atoms with Crippen LogP contribution in [0.5, 0.6) is 0 Å². The minimum Gasteiger partial charge on any atom is -0.462 e. The summed E-state index contributed by atoms with van der Waals surface area (Å²) in [5, 5.41) is 76.5. The second-order valence-corrected chi connectivity index (χ2v) is 15.2. The second-order valence-electron chi connectivity index (χ2n) is 15.2. The molecule has 0 aromatic carbocycles. The molecule has 19 atom stereocenters. The Kier molecular flexibility index (Phi) is 13.7. The Balaban J connectivity index is 2.14. The molecule has 280 valence electrons. The molecule has 48 heavy (non-hydrogen) atoms. The molecule has 0 radical (unpaired) electrons. The summed E-state index contributed by atoms with van der Waals surface area (Å²) in [6, 6.07) is 0. The summed E-state index contributed by atoms with van der Waals surface area (Å²) in [5.41, 5.74) is -3.47. The van der Waals surface area contributed by atoms with E-state index in [1.54, 1.807) is 48.5 Å². The van der Waals surface area contributed by atoms with E-state index in [-0.39, 0.29) is 18.6 Å². The lowest BCUT2D eigenvalue weighted by molar-refractivity contribution is -0.332. The predicted molar refractivity (Wildman–Crippen MR) is 170 cm³/mol. The molecule has 3 saturated heterocycles. The quantitative estimate of drug-likeness (QED) is 0.194. The van der Waals surface area contributed by atoms with E-state index in [4.69, 9.17) is 23.7 Å². The Bertz CT molecular complexity index is 1080. The minimum absolute atomic E-state index is 0.165. The molecule has 0 aromatic rings. The van der Waals surface area contributed by atoms with Crippen LogP contribution in [0.2, 0.25) is 0 Å².